The Hall–Kier alpha value is 0.240. The summed E-state index contributed by atoms with van der Waals surface area (Å²) in [5.74, 6) is 0.987. The van der Waals surface area contributed by atoms with Crippen LogP contribution in [-0.4, -0.2) is 17.5 Å². The Kier molecular flexibility index (Phi) is 5.09. The molecule has 0 aromatic carbocycles. The van der Waals surface area contributed by atoms with Crippen molar-refractivity contribution in [1.29, 1.82) is 0 Å². The molecule has 0 aromatic rings. The monoisotopic (exact) mass is 200 g/mol. The predicted molar refractivity (Wildman–Crippen MR) is 38.9 cm³/mol. The Labute approximate surface area is 75.7 Å². The smallest absolute Gasteiger partial charge is 0.149 e. The van der Waals surface area contributed by atoms with E-state index in [1.54, 1.807) is 5.43 Å². The Balaban J connectivity index is 0.000000810. The van der Waals surface area contributed by atoms with E-state index in [4.69, 9.17) is 23.2 Å². The molecule has 58 valence electrons. The molecule has 2 nitrogen and oxygen atoms in total. The zero-order valence-electron chi connectivity index (χ0n) is 5.15. The number of rotatable bonds is 2. The van der Waals surface area contributed by atoms with Gasteiger partial charge in [0, 0.05) is 6.08 Å². The van der Waals surface area contributed by atoms with Crippen LogP contribution in [0.25, 0.3) is 0 Å². The molecule has 0 atom stereocenters. The van der Waals surface area contributed by atoms with Gasteiger partial charge in [-0.25, -0.2) is 0 Å². The topological polar surface area (TPSA) is 29.0 Å². The summed E-state index contributed by atoms with van der Waals surface area (Å²) >= 11 is 11.0. The highest BCUT2D eigenvalue weighted by molar-refractivity contribution is 6.31. The number of alkyl halides is 2. The summed E-state index contributed by atoms with van der Waals surface area (Å²) in [4.78, 5) is 0. The lowest BCUT2D eigenvalue weighted by Crippen LogP contribution is -3.00. The van der Waals surface area contributed by atoms with Gasteiger partial charge in [-0.2, -0.15) is 5.43 Å². The van der Waals surface area contributed by atoms with Crippen molar-refractivity contribution in [3.8, 4) is 0 Å². The molecular formula is C5H7Cl3N2. The number of nitrogens with zero attached hydrogens (tertiary/aromatic N) is 1. The number of quaternary nitrogens is 1. The second-order valence-corrected chi connectivity index (χ2v) is 2.27. The van der Waals surface area contributed by atoms with E-state index >= 15 is 0 Å². The SMILES string of the molecule is ClCC1=CC(CCl)=N[NH2+]1.[Cl-]. The molecule has 1 aliphatic rings. The van der Waals surface area contributed by atoms with Gasteiger partial charge in [-0.15, -0.1) is 23.2 Å². The minimum Gasteiger partial charge on any atom is -1.00 e. The molecule has 0 aliphatic carbocycles. The van der Waals surface area contributed by atoms with Crippen LogP contribution in [0, 0.1) is 0 Å². The van der Waals surface area contributed by atoms with Gasteiger partial charge in [0.25, 0.3) is 0 Å². The lowest BCUT2D eigenvalue weighted by molar-refractivity contribution is -0.607. The zero-order valence-corrected chi connectivity index (χ0v) is 7.42. The Morgan fingerprint density at radius 1 is 1.40 bits per heavy atom. The van der Waals surface area contributed by atoms with E-state index in [0.717, 1.165) is 11.4 Å². The van der Waals surface area contributed by atoms with Gasteiger partial charge in [0.1, 0.15) is 11.4 Å². The highest BCUT2D eigenvalue weighted by Gasteiger charge is 2.09. The third-order valence-corrected chi connectivity index (χ3v) is 1.62. The second kappa shape index (κ2) is 4.97. The maximum absolute atomic E-state index is 5.51. The molecule has 0 fully saturated rings. The van der Waals surface area contributed by atoms with Crippen LogP contribution in [0.4, 0.5) is 0 Å². The fourth-order valence-electron chi connectivity index (χ4n) is 0.601. The van der Waals surface area contributed by atoms with Crippen molar-refractivity contribution in [2.24, 2.45) is 5.10 Å². The maximum atomic E-state index is 5.51. The number of nitrogens with two attached hydrogens (primary N) is 1. The summed E-state index contributed by atoms with van der Waals surface area (Å²) < 4.78 is 0. The number of halogens is 3. The van der Waals surface area contributed by atoms with Gasteiger partial charge in [0.05, 0.1) is 11.8 Å². The standard InChI is InChI=1S/C5H6Cl2N2.ClH/c6-2-4-1-5(3-7)9-8-4;/h1H,2-3H2,(H,8,9);1H. The van der Waals surface area contributed by atoms with Crippen molar-refractivity contribution in [2.75, 3.05) is 11.8 Å². The van der Waals surface area contributed by atoms with Crippen molar-refractivity contribution in [3.63, 3.8) is 0 Å². The van der Waals surface area contributed by atoms with Gasteiger partial charge in [0.2, 0.25) is 0 Å². The summed E-state index contributed by atoms with van der Waals surface area (Å²) in [6.07, 6.45) is 1.90. The normalized spacial score (nSPS) is 15.8. The van der Waals surface area contributed by atoms with E-state index in [-0.39, 0.29) is 12.4 Å². The van der Waals surface area contributed by atoms with E-state index in [1.165, 1.54) is 0 Å². The summed E-state index contributed by atoms with van der Waals surface area (Å²) in [6, 6.07) is 0. The van der Waals surface area contributed by atoms with Crippen molar-refractivity contribution in [1.82, 2.24) is 0 Å². The van der Waals surface area contributed by atoms with E-state index in [0.29, 0.717) is 11.8 Å². The molecule has 1 aliphatic heterocycles. The molecule has 1 rings (SSSR count). The van der Waals surface area contributed by atoms with Crippen LogP contribution < -0.4 is 17.8 Å². The molecule has 1 heterocycles. The van der Waals surface area contributed by atoms with Crippen molar-refractivity contribution < 1.29 is 17.8 Å². The average Bonchev–Trinajstić information content (AvgIpc) is 2.34. The van der Waals surface area contributed by atoms with Crippen LogP contribution in [0.3, 0.4) is 0 Å². The number of hydrogen-bond acceptors (Lipinski definition) is 1. The molecule has 0 bridgehead atoms. The predicted octanol–water partition coefficient (Wildman–Crippen LogP) is -2.72. The second-order valence-electron chi connectivity index (χ2n) is 1.74. The third kappa shape index (κ3) is 2.46. The van der Waals surface area contributed by atoms with Crippen molar-refractivity contribution in [2.45, 2.75) is 0 Å². The number of allylic oxidation sites excluding steroid dienone is 2. The Bertz CT molecular complexity index is 164. The summed E-state index contributed by atoms with van der Waals surface area (Å²) in [5, 5.41) is 3.99. The summed E-state index contributed by atoms with van der Waals surface area (Å²) in [7, 11) is 0. The molecule has 0 radical (unpaired) electrons. The summed E-state index contributed by atoms with van der Waals surface area (Å²) in [6.45, 7) is 0. The largest absolute Gasteiger partial charge is 1.00 e. The van der Waals surface area contributed by atoms with E-state index in [1.807, 2.05) is 6.08 Å². The Morgan fingerprint density at radius 3 is 2.40 bits per heavy atom. The van der Waals surface area contributed by atoms with Crippen molar-refractivity contribution in [3.05, 3.63) is 11.8 Å². The highest BCUT2D eigenvalue weighted by Crippen LogP contribution is 1.95. The van der Waals surface area contributed by atoms with E-state index in [9.17, 15) is 0 Å². The molecule has 2 N–H and O–H groups in total. The van der Waals surface area contributed by atoms with Gasteiger partial charge in [0.15, 0.2) is 0 Å². The fraction of sp³-hybridized carbons (Fsp3) is 0.400. The first-order chi connectivity index (χ1) is 4.36. The van der Waals surface area contributed by atoms with Gasteiger partial charge in [-0.3, -0.25) is 0 Å². The first kappa shape index (κ1) is 10.2. The lowest BCUT2D eigenvalue weighted by atomic mass is 10.3. The molecule has 10 heavy (non-hydrogen) atoms. The van der Waals surface area contributed by atoms with Crippen LogP contribution >= 0.6 is 23.2 Å². The number of hydrogen-bond donors (Lipinski definition) is 1. The molecule has 5 heteroatoms. The maximum Gasteiger partial charge on any atom is 0.149 e. The minimum absolute atomic E-state index is 0. The zero-order chi connectivity index (χ0) is 6.69. The molecular weight excluding hydrogens is 194 g/mol. The van der Waals surface area contributed by atoms with Crippen LogP contribution in [0.5, 0.6) is 0 Å². The van der Waals surface area contributed by atoms with E-state index in [2.05, 4.69) is 5.10 Å². The van der Waals surface area contributed by atoms with Crippen LogP contribution in [0.2, 0.25) is 0 Å². The van der Waals surface area contributed by atoms with Gasteiger partial charge in [-0.05, 0) is 0 Å². The summed E-state index contributed by atoms with van der Waals surface area (Å²) in [5.41, 5.74) is 3.67. The third-order valence-electron chi connectivity index (χ3n) is 1.04. The van der Waals surface area contributed by atoms with E-state index < -0.39 is 0 Å². The lowest BCUT2D eigenvalue weighted by Gasteiger charge is -1.82. The molecule has 0 saturated heterocycles. The quantitative estimate of drug-likeness (QED) is 0.372. The molecule has 0 amide bonds. The van der Waals surface area contributed by atoms with Crippen LogP contribution in [-0.2, 0) is 0 Å². The fourth-order valence-corrected chi connectivity index (χ4v) is 0.893. The first-order valence-corrected chi connectivity index (χ1v) is 3.66. The minimum atomic E-state index is 0. The van der Waals surface area contributed by atoms with Gasteiger partial charge in [-0.1, -0.05) is 5.10 Å². The van der Waals surface area contributed by atoms with Crippen molar-refractivity contribution >= 4 is 28.9 Å². The first-order valence-electron chi connectivity index (χ1n) is 2.59. The van der Waals surface area contributed by atoms with Crippen LogP contribution in [0.15, 0.2) is 16.9 Å². The van der Waals surface area contributed by atoms with Crippen LogP contribution in [0.1, 0.15) is 0 Å². The Morgan fingerprint density at radius 2 is 2.10 bits per heavy atom. The molecule has 0 unspecified atom stereocenters. The van der Waals surface area contributed by atoms with Gasteiger partial charge >= 0.3 is 0 Å². The average molecular weight is 201 g/mol. The van der Waals surface area contributed by atoms with Gasteiger partial charge < -0.3 is 12.4 Å². The molecule has 0 aromatic heterocycles. The molecule has 0 spiro atoms. The highest BCUT2D eigenvalue weighted by atomic mass is 35.5. The molecule has 0 saturated carbocycles.